The van der Waals surface area contributed by atoms with Gasteiger partial charge in [0.1, 0.15) is 18.1 Å². The lowest BCUT2D eigenvalue weighted by Gasteiger charge is -2.67. The molecule has 0 radical (unpaired) electrons. The van der Waals surface area contributed by atoms with Crippen LogP contribution in [0.1, 0.15) is 42.4 Å². The van der Waals surface area contributed by atoms with Crippen LogP contribution >= 0.6 is 21.9 Å². The molecule has 3 N–H and O–H groups in total. The molecule has 0 bridgehead atoms. The highest BCUT2D eigenvalue weighted by atomic mass is 32.3. The van der Waals surface area contributed by atoms with Crippen molar-refractivity contribution in [2.75, 3.05) is 23.7 Å². The smallest absolute Gasteiger partial charge is 0.304 e. The van der Waals surface area contributed by atoms with E-state index in [1.54, 1.807) is 11.3 Å². The summed E-state index contributed by atoms with van der Waals surface area (Å²) >= 11 is 1.72. The molecule has 7 nitrogen and oxygen atoms in total. The topological polar surface area (TPSA) is 107 Å². The molecule has 1 saturated carbocycles. The molecule has 4 aromatic rings. The van der Waals surface area contributed by atoms with Gasteiger partial charge < -0.3 is 14.7 Å². The number of anilines is 1. The number of ether oxygens (including phenoxy) is 1. The van der Waals surface area contributed by atoms with Crippen LogP contribution in [0.15, 0.2) is 66.0 Å². The average molecular weight is 604 g/mol. The SMILES string of the molecule is Cc1cc(N2CC3(CCS3(O)O)C2)ccc1-c1csc2ccc(COc3ccc(C4(CC(=O)O)CC(=O)C4)cc3)cc12. The first-order valence-electron chi connectivity index (χ1n) is 14.2. The van der Waals surface area contributed by atoms with E-state index >= 15 is 0 Å². The number of carboxylic acid groups (broad SMARTS) is 1. The molecule has 42 heavy (non-hydrogen) atoms. The van der Waals surface area contributed by atoms with Gasteiger partial charge in [-0.15, -0.1) is 11.3 Å². The van der Waals surface area contributed by atoms with Crippen LogP contribution < -0.4 is 9.64 Å². The molecular weight excluding hydrogens is 570 g/mol. The molecule has 3 fully saturated rings. The number of fused-ring (bicyclic) bond motifs is 1. The summed E-state index contributed by atoms with van der Waals surface area (Å²) in [5, 5.41) is 12.7. The second-order valence-electron chi connectivity index (χ2n) is 12.2. The zero-order valence-corrected chi connectivity index (χ0v) is 25.0. The van der Waals surface area contributed by atoms with Crippen molar-refractivity contribution < 1.29 is 28.5 Å². The van der Waals surface area contributed by atoms with Crippen LogP contribution in [0.4, 0.5) is 5.69 Å². The maximum Gasteiger partial charge on any atom is 0.304 e. The van der Waals surface area contributed by atoms with Gasteiger partial charge in [-0.25, -0.2) is 0 Å². The highest BCUT2D eigenvalue weighted by Gasteiger charge is 2.59. The van der Waals surface area contributed by atoms with Crippen LogP contribution in [0.25, 0.3) is 21.2 Å². The van der Waals surface area contributed by atoms with Crippen molar-refractivity contribution in [3.8, 4) is 16.9 Å². The zero-order chi connectivity index (χ0) is 29.3. The van der Waals surface area contributed by atoms with Gasteiger partial charge in [0.15, 0.2) is 0 Å². The van der Waals surface area contributed by atoms with E-state index in [-0.39, 0.29) is 29.8 Å². The van der Waals surface area contributed by atoms with Gasteiger partial charge in [0.05, 0.1) is 11.2 Å². The summed E-state index contributed by atoms with van der Waals surface area (Å²) in [6.07, 6.45) is 1.41. The Morgan fingerprint density at radius 2 is 1.79 bits per heavy atom. The third kappa shape index (κ3) is 4.50. The Morgan fingerprint density at radius 1 is 1.02 bits per heavy atom. The zero-order valence-electron chi connectivity index (χ0n) is 23.3. The lowest BCUT2D eigenvalue weighted by atomic mass is 9.62. The quantitative estimate of drug-likeness (QED) is 0.195. The monoisotopic (exact) mass is 603 g/mol. The van der Waals surface area contributed by atoms with Crippen molar-refractivity contribution in [3.05, 3.63) is 82.7 Å². The van der Waals surface area contributed by atoms with Crippen LogP contribution in [0.5, 0.6) is 5.75 Å². The minimum atomic E-state index is -2.42. The summed E-state index contributed by atoms with van der Waals surface area (Å²) in [6.45, 7) is 3.96. The number of nitrogens with zero attached hydrogens (tertiary/aromatic N) is 1. The average Bonchev–Trinajstić information content (AvgIpc) is 3.33. The number of rotatable bonds is 8. The Bertz CT molecular complexity index is 1710. The van der Waals surface area contributed by atoms with Gasteiger partial charge in [0, 0.05) is 58.4 Å². The molecule has 2 saturated heterocycles. The van der Waals surface area contributed by atoms with Gasteiger partial charge in [-0.05, 0) is 77.4 Å². The van der Waals surface area contributed by atoms with Crippen molar-refractivity contribution in [1.82, 2.24) is 0 Å². The van der Waals surface area contributed by atoms with E-state index in [0.717, 1.165) is 23.2 Å². The number of ketones is 1. The highest BCUT2D eigenvalue weighted by Crippen LogP contribution is 2.67. The fourth-order valence-electron chi connectivity index (χ4n) is 6.79. The van der Waals surface area contributed by atoms with E-state index in [1.165, 1.54) is 26.8 Å². The normalized spacial score (nSPS) is 20.5. The van der Waals surface area contributed by atoms with E-state index in [1.807, 2.05) is 24.3 Å². The van der Waals surface area contributed by atoms with Gasteiger partial charge in [-0.1, -0.05) is 24.3 Å². The molecule has 218 valence electrons. The first kappa shape index (κ1) is 27.5. The Kier molecular flexibility index (Phi) is 6.43. The maximum absolute atomic E-state index is 11.7. The van der Waals surface area contributed by atoms with Crippen LogP contribution in [-0.2, 0) is 21.6 Å². The molecule has 3 heterocycles. The van der Waals surface area contributed by atoms with E-state index in [9.17, 15) is 23.8 Å². The first-order chi connectivity index (χ1) is 20.1. The third-order valence-corrected chi connectivity index (χ3v) is 13.0. The van der Waals surface area contributed by atoms with Gasteiger partial charge >= 0.3 is 5.97 Å². The number of carboxylic acids is 1. The third-order valence-electron chi connectivity index (χ3n) is 9.43. The molecule has 7 rings (SSSR count). The molecule has 1 spiro atoms. The van der Waals surface area contributed by atoms with Gasteiger partial charge in [-0.2, -0.15) is 10.6 Å². The number of aryl methyl sites for hydroxylation is 1. The first-order valence-corrected chi connectivity index (χ1v) is 16.7. The minimum Gasteiger partial charge on any atom is -0.489 e. The summed E-state index contributed by atoms with van der Waals surface area (Å²) in [6, 6.07) is 20.4. The maximum atomic E-state index is 11.7. The summed E-state index contributed by atoms with van der Waals surface area (Å²) in [5.41, 5.74) is 6.01. The van der Waals surface area contributed by atoms with Crippen molar-refractivity contribution in [2.24, 2.45) is 0 Å². The van der Waals surface area contributed by atoms with Crippen molar-refractivity contribution in [2.45, 2.75) is 49.4 Å². The summed E-state index contributed by atoms with van der Waals surface area (Å²) in [5.74, 6) is 0.452. The second kappa shape index (κ2) is 9.84. The number of thiophene rings is 1. The molecule has 2 aliphatic heterocycles. The summed E-state index contributed by atoms with van der Waals surface area (Å²) in [4.78, 5) is 25.3. The molecule has 9 heteroatoms. The van der Waals surface area contributed by atoms with Crippen molar-refractivity contribution in [1.29, 1.82) is 0 Å². The lowest BCUT2D eigenvalue weighted by molar-refractivity contribution is -0.141. The number of aliphatic carboxylic acids is 1. The molecule has 1 aromatic heterocycles. The number of hydrogen-bond acceptors (Lipinski definition) is 7. The van der Waals surface area contributed by atoms with Crippen molar-refractivity contribution in [3.63, 3.8) is 0 Å². The standard InChI is InChI=1S/C33H33NO6S2/c1-21-12-24(34-19-33(20-34)10-11-42(33,38)39)5-8-27(21)29-18-41-30-9-2-22(13-28(29)30)17-40-26-6-3-23(4-7-26)32(16-31(36)37)14-25(35)15-32/h2-9,12-13,18,38-39H,10-11,14-17,19-20H2,1H3,(H,36,37). The van der Waals surface area contributed by atoms with E-state index < -0.39 is 22.0 Å². The van der Waals surface area contributed by atoms with E-state index in [0.29, 0.717) is 31.2 Å². The second-order valence-corrected chi connectivity index (χ2v) is 15.7. The number of benzene rings is 3. The Balaban J connectivity index is 1.05. The number of Topliss-reactive ketones (excluding diaryl/α,β-unsaturated/α-hetero) is 1. The van der Waals surface area contributed by atoms with Gasteiger partial charge in [-0.3, -0.25) is 18.7 Å². The van der Waals surface area contributed by atoms with Gasteiger partial charge in [0.2, 0.25) is 0 Å². The molecular formula is C33H33NO6S2. The molecule has 3 aromatic carbocycles. The Morgan fingerprint density at radius 3 is 2.40 bits per heavy atom. The Hall–Kier alpha value is -3.37. The fraction of sp³-hybridized carbons (Fsp3) is 0.333. The molecule has 0 unspecified atom stereocenters. The predicted molar refractivity (Wildman–Crippen MR) is 168 cm³/mol. The molecule has 1 aliphatic carbocycles. The van der Waals surface area contributed by atoms with Crippen LogP contribution in [0, 0.1) is 6.92 Å². The van der Waals surface area contributed by atoms with Crippen LogP contribution in [0.2, 0.25) is 0 Å². The molecule has 0 amide bonds. The lowest BCUT2D eigenvalue weighted by Crippen LogP contribution is -2.69. The van der Waals surface area contributed by atoms with Crippen LogP contribution in [0.3, 0.4) is 0 Å². The largest absolute Gasteiger partial charge is 0.489 e. The van der Waals surface area contributed by atoms with E-state index in [2.05, 4.69) is 53.6 Å². The predicted octanol–water partition coefficient (Wildman–Crippen LogP) is 7.24. The molecule has 0 atom stereocenters. The van der Waals surface area contributed by atoms with Crippen LogP contribution in [-0.4, -0.2) is 49.6 Å². The minimum absolute atomic E-state index is 0.0437. The molecule has 3 aliphatic rings. The summed E-state index contributed by atoms with van der Waals surface area (Å²) in [7, 11) is -2.42. The van der Waals surface area contributed by atoms with E-state index in [4.69, 9.17) is 4.74 Å². The number of hydrogen-bond donors (Lipinski definition) is 3. The summed E-state index contributed by atoms with van der Waals surface area (Å²) < 4.78 is 27.5. The fourth-order valence-corrected chi connectivity index (χ4v) is 9.60. The highest BCUT2D eigenvalue weighted by molar-refractivity contribution is 8.26. The number of carbonyl (C=O) groups excluding carboxylic acids is 1. The van der Waals surface area contributed by atoms with Crippen molar-refractivity contribution >= 4 is 49.5 Å². The Labute approximate surface area is 250 Å². The number of carbonyl (C=O) groups is 2. The van der Waals surface area contributed by atoms with Gasteiger partial charge in [0.25, 0.3) is 0 Å².